The van der Waals surface area contributed by atoms with E-state index in [-0.39, 0.29) is 12.5 Å². The number of alkyl carbamates (subject to hydrolysis) is 1. The van der Waals surface area contributed by atoms with Crippen molar-refractivity contribution in [3.05, 3.63) is 29.8 Å². The van der Waals surface area contributed by atoms with Crippen LogP contribution in [0, 0.1) is 0 Å². The fourth-order valence-corrected chi connectivity index (χ4v) is 2.17. The van der Waals surface area contributed by atoms with E-state index in [0.717, 1.165) is 0 Å². The summed E-state index contributed by atoms with van der Waals surface area (Å²) in [5.74, 6) is -0.355. The van der Waals surface area contributed by atoms with E-state index in [2.05, 4.69) is 10.6 Å². The van der Waals surface area contributed by atoms with Gasteiger partial charge in [0, 0.05) is 17.8 Å². The van der Waals surface area contributed by atoms with Crippen molar-refractivity contribution in [3.8, 4) is 0 Å². The summed E-state index contributed by atoms with van der Waals surface area (Å²) in [5.41, 5.74) is 5.13. The minimum atomic E-state index is -1.28. The second-order valence-electron chi connectivity index (χ2n) is 5.74. The monoisotopic (exact) mass is 277 g/mol. The van der Waals surface area contributed by atoms with Gasteiger partial charge in [-0.1, -0.05) is 18.2 Å². The van der Waals surface area contributed by atoms with Gasteiger partial charge in [-0.3, -0.25) is 4.79 Å². The summed E-state index contributed by atoms with van der Waals surface area (Å²) in [6.07, 6.45) is -0.671. The zero-order valence-corrected chi connectivity index (χ0v) is 11.8. The van der Waals surface area contributed by atoms with Gasteiger partial charge in [0.15, 0.2) is 5.54 Å². The van der Waals surface area contributed by atoms with Crippen LogP contribution in [0.25, 0.3) is 0 Å². The zero-order chi connectivity index (χ0) is 15.0. The summed E-state index contributed by atoms with van der Waals surface area (Å²) in [6.45, 7) is 5.22. The Morgan fingerprint density at radius 2 is 2.05 bits per heavy atom. The van der Waals surface area contributed by atoms with Crippen LogP contribution in [0.3, 0.4) is 0 Å². The molecule has 2 rings (SSSR count). The zero-order valence-electron chi connectivity index (χ0n) is 11.8. The van der Waals surface area contributed by atoms with Crippen LogP contribution in [0.1, 0.15) is 26.3 Å². The molecular formula is C14H19N3O3. The highest BCUT2D eigenvalue weighted by atomic mass is 16.6. The Bertz CT molecular complexity index is 551. The van der Waals surface area contributed by atoms with Crippen molar-refractivity contribution < 1.29 is 14.3 Å². The van der Waals surface area contributed by atoms with Gasteiger partial charge < -0.3 is 21.1 Å². The van der Waals surface area contributed by atoms with E-state index in [9.17, 15) is 9.59 Å². The Morgan fingerprint density at radius 1 is 1.40 bits per heavy atom. The Balaban J connectivity index is 2.31. The number of nitrogens with two attached hydrogens (primary N) is 1. The molecule has 0 aliphatic carbocycles. The molecule has 0 saturated heterocycles. The molecule has 20 heavy (non-hydrogen) atoms. The van der Waals surface area contributed by atoms with Crippen LogP contribution in [0.15, 0.2) is 24.3 Å². The van der Waals surface area contributed by atoms with Crippen LogP contribution in [0.2, 0.25) is 0 Å². The van der Waals surface area contributed by atoms with Gasteiger partial charge in [0.25, 0.3) is 5.91 Å². The number of amides is 2. The van der Waals surface area contributed by atoms with Gasteiger partial charge in [-0.05, 0) is 26.8 Å². The standard InChI is InChI=1S/C14H19N3O3/c1-13(2,3)20-12(19)17-14(8-15)9-6-4-5-7-10(9)16-11(14)18/h4-7H,8,15H2,1-3H3,(H,16,18)(H,17,19)/t14-/m1/s1. The lowest BCUT2D eigenvalue weighted by molar-refractivity contribution is -0.121. The van der Waals surface area contributed by atoms with Gasteiger partial charge >= 0.3 is 6.09 Å². The second-order valence-corrected chi connectivity index (χ2v) is 5.74. The quantitative estimate of drug-likeness (QED) is 0.760. The number of hydrogen-bond acceptors (Lipinski definition) is 4. The molecule has 1 aliphatic rings. The molecule has 1 atom stereocenters. The van der Waals surface area contributed by atoms with E-state index in [1.54, 1.807) is 45.0 Å². The number of carbonyl (C=O) groups excluding carboxylic acids is 2. The maximum Gasteiger partial charge on any atom is 0.408 e. The van der Waals surface area contributed by atoms with E-state index in [1.165, 1.54) is 0 Å². The Hall–Kier alpha value is -2.08. The lowest BCUT2D eigenvalue weighted by atomic mass is 9.91. The first-order chi connectivity index (χ1) is 9.28. The van der Waals surface area contributed by atoms with Crippen molar-refractivity contribution in [2.45, 2.75) is 31.9 Å². The molecule has 2 amide bonds. The summed E-state index contributed by atoms with van der Waals surface area (Å²) in [7, 11) is 0. The van der Waals surface area contributed by atoms with Gasteiger partial charge in [0.1, 0.15) is 5.60 Å². The first kappa shape index (κ1) is 14.3. The molecule has 0 bridgehead atoms. The predicted molar refractivity (Wildman–Crippen MR) is 75.2 cm³/mol. The molecule has 1 heterocycles. The first-order valence-corrected chi connectivity index (χ1v) is 6.41. The predicted octanol–water partition coefficient (Wildman–Crippen LogP) is 1.32. The smallest absolute Gasteiger partial charge is 0.408 e. The van der Waals surface area contributed by atoms with E-state index in [0.29, 0.717) is 11.3 Å². The molecule has 1 aromatic carbocycles. The molecule has 0 spiro atoms. The maximum atomic E-state index is 12.2. The highest BCUT2D eigenvalue weighted by Gasteiger charge is 2.47. The van der Waals surface area contributed by atoms with Crippen LogP contribution in [-0.2, 0) is 15.1 Å². The van der Waals surface area contributed by atoms with Crippen LogP contribution in [-0.4, -0.2) is 24.1 Å². The molecule has 4 N–H and O–H groups in total. The van der Waals surface area contributed by atoms with Crippen molar-refractivity contribution in [1.29, 1.82) is 0 Å². The molecule has 1 aliphatic heterocycles. The van der Waals surface area contributed by atoms with E-state index in [4.69, 9.17) is 10.5 Å². The van der Waals surface area contributed by atoms with Crippen LogP contribution < -0.4 is 16.4 Å². The fraction of sp³-hybridized carbons (Fsp3) is 0.429. The van der Waals surface area contributed by atoms with Gasteiger partial charge in [-0.15, -0.1) is 0 Å². The summed E-state index contributed by atoms with van der Waals surface area (Å²) in [6, 6.07) is 7.12. The average Bonchev–Trinajstić information content (AvgIpc) is 2.60. The number of hydrogen-bond donors (Lipinski definition) is 3. The average molecular weight is 277 g/mol. The van der Waals surface area contributed by atoms with Crippen LogP contribution in [0.4, 0.5) is 10.5 Å². The number of benzene rings is 1. The fourth-order valence-electron chi connectivity index (χ4n) is 2.17. The molecule has 6 nitrogen and oxygen atoms in total. The number of para-hydroxylation sites is 1. The SMILES string of the molecule is CC(C)(C)OC(=O)N[C@@]1(CN)C(=O)Nc2ccccc21. The lowest BCUT2D eigenvalue weighted by Crippen LogP contribution is -2.56. The highest BCUT2D eigenvalue weighted by Crippen LogP contribution is 2.35. The molecule has 0 unspecified atom stereocenters. The number of anilines is 1. The maximum absolute atomic E-state index is 12.2. The third-order valence-electron chi connectivity index (χ3n) is 3.04. The van der Waals surface area contributed by atoms with E-state index < -0.39 is 17.2 Å². The van der Waals surface area contributed by atoms with Gasteiger partial charge in [0.2, 0.25) is 0 Å². The van der Waals surface area contributed by atoms with Crippen molar-refractivity contribution in [2.24, 2.45) is 5.73 Å². The largest absolute Gasteiger partial charge is 0.444 e. The van der Waals surface area contributed by atoms with E-state index >= 15 is 0 Å². The van der Waals surface area contributed by atoms with Gasteiger partial charge in [-0.25, -0.2) is 4.79 Å². The van der Waals surface area contributed by atoms with E-state index in [1.807, 2.05) is 0 Å². The number of ether oxygens (including phenoxy) is 1. The molecule has 0 saturated carbocycles. The first-order valence-electron chi connectivity index (χ1n) is 6.41. The molecule has 108 valence electrons. The van der Waals surface area contributed by atoms with Crippen molar-refractivity contribution in [2.75, 3.05) is 11.9 Å². The highest BCUT2D eigenvalue weighted by molar-refractivity contribution is 6.07. The number of carbonyl (C=O) groups is 2. The Morgan fingerprint density at radius 3 is 2.65 bits per heavy atom. The van der Waals surface area contributed by atoms with Gasteiger partial charge in [0.05, 0.1) is 0 Å². The molecule has 0 aromatic heterocycles. The summed E-state index contributed by atoms with van der Waals surface area (Å²) < 4.78 is 5.20. The number of fused-ring (bicyclic) bond motifs is 1. The van der Waals surface area contributed by atoms with Crippen LogP contribution in [0.5, 0.6) is 0 Å². The molecule has 0 fully saturated rings. The molecule has 0 radical (unpaired) electrons. The number of nitrogens with one attached hydrogen (secondary N) is 2. The minimum absolute atomic E-state index is 0.0465. The number of rotatable bonds is 2. The van der Waals surface area contributed by atoms with Crippen molar-refractivity contribution in [3.63, 3.8) is 0 Å². The Kier molecular flexibility index (Phi) is 3.43. The molecule has 6 heteroatoms. The lowest BCUT2D eigenvalue weighted by Gasteiger charge is -2.29. The summed E-state index contributed by atoms with van der Waals surface area (Å²) >= 11 is 0. The summed E-state index contributed by atoms with van der Waals surface area (Å²) in [4.78, 5) is 24.2. The molecular weight excluding hydrogens is 258 g/mol. The van der Waals surface area contributed by atoms with Gasteiger partial charge in [-0.2, -0.15) is 0 Å². The third-order valence-corrected chi connectivity index (χ3v) is 3.04. The molecule has 1 aromatic rings. The normalized spacial score (nSPS) is 21.1. The van der Waals surface area contributed by atoms with Crippen molar-refractivity contribution >= 4 is 17.7 Å². The second kappa shape index (κ2) is 4.79. The summed E-state index contributed by atoms with van der Waals surface area (Å²) in [5, 5.41) is 5.32. The third kappa shape index (κ3) is 2.46. The van der Waals surface area contributed by atoms with Crippen molar-refractivity contribution in [1.82, 2.24) is 5.32 Å². The Labute approximate surface area is 117 Å². The minimum Gasteiger partial charge on any atom is -0.444 e. The topological polar surface area (TPSA) is 93.4 Å². The van der Waals surface area contributed by atoms with Crippen LogP contribution >= 0.6 is 0 Å².